The van der Waals surface area contributed by atoms with E-state index in [0.29, 0.717) is 6.42 Å². The SMILES string of the molecule is CC[C@H]1OC(=O)[C@H](C)C(=O)[C@H](C)[C@@H](O[C@@H]2O[C@H](C)C[C@H](N(C)C)[C@H]2OC(C)=O)[C@@](C)(OC)C[C@@H](C)C(=O)C(CN=[N+]=[N-])=C[C@]1(C)O. The summed E-state index contributed by atoms with van der Waals surface area (Å²) in [7, 11) is 5.13. The van der Waals surface area contributed by atoms with Gasteiger partial charge in [0.05, 0.1) is 30.4 Å². The van der Waals surface area contributed by atoms with Crippen LogP contribution in [0.2, 0.25) is 0 Å². The number of cyclic esters (lactones) is 1. The van der Waals surface area contributed by atoms with E-state index in [1.165, 1.54) is 34.0 Å². The molecular weight excluding hydrogens is 600 g/mol. The van der Waals surface area contributed by atoms with Gasteiger partial charge in [-0.05, 0) is 72.7 Å². The average molecular weight is 653 g/mol. The molecule has 2 aliphatic rings. The molecule has 2 heterocycles. The van der Waals surface area contributed by atoms with Crippen molar-refractivity contribution < 1.29 is 48.0 Å². The van der Waals surface area contributed by atoms with Gasteiger partial charge >= 0.3 is 11.9 Å². The zero-order valence-corrected chi connectivity index (χ0v) is 29.0. The molecule has 1 N–H and O–H groups in total. The van der Waals surface area contributed by atoms with Crippen molar-refractivity contribution in [2.45, 2.75) is 123 Å². The van der Waals surface area contributed by atoms with E-state index in [-0.39, 0.29) is 37.1 Å². The van der Waals surface area contributed by atoms with Gasteiger partial charge in [0.15, 0.2) is 24.0 Å². The number of ether oxygens (including phenoxy) is 5. The Labute approximate surface area is 271 Å². The van der Waals surface area contributed by atoms with Crippen molar-refractivity contribution in [2.24, 2.45) is 22.9 Å². The number of hydrogen-bond acceptors (Lipinski definition) is 12. The summed E-state index contributed by atoms with van der Waals surface area (Å²) in [5.74, 6) is -5.39. The molecule has 1 saturated heterocycles. The molecule has 0 aliphatic carbocycles. The smallest absolute Gasteiger partial charge is 0.316 e. The molecule has 0 bridgehead atoms. The fraction of sp³-hybridized carbons (Fsp3) is 0.812. The molecule has 0 aromatic rings. The van der Waals surface area contributed by atoms with Crippen molar-refractivity contribution in [3.05, 3.63) is 22.1 Å². The predicted octanol–water partition coefficient (Wildman–Crippen LogP) is 3.53. The number of hydrogen-bond donors (Lipinski definition) is 1. The van der Waals surface area contributed by atoms with Crippen molar-refractivity contribution in [2.75, 3.05) is 27.7 Å². The number of methoxy groups -OCH3 is 1. The number of esters is 2. The summed E-state index contributed by atoms with van der Waals surface area (Å²) >= 11 is 0. The maximum absolute atomic E-state index is 14.0. The second-order valence-electron chi connectivity index (χ2n) is 13.2. The third-order valence-corrected chi connectivity index (χ3v) is 9.11. The Kier molecular flexibility index (Phi) is 13.9. The minimum Gasteiger partial charge on any atom is -0.458 e. The molecule has 0 saturated carbocycles. The van der Waals surface area contributed by atoms with Crippen molar-refractivity contribution in [3.63, 3.8) is 0 Å². The van der Waals surface area contributed by atoms with Gasteiger partial charge in [-0.2, -0.15) is 0 Å². The van der Waals surface area contributed by atoms with Crippen molar-refractivity contribution in [3.8, 4) is 0 Å². The van der Waals surface area contributed by atoms with Crippen LogP contribution in [0, 0.1) is 17.8 Å². The van der Waals surface area contributed by atoms with Gasteiger partial charge in [0, 0.05) is 36.4 Å². The van der Waals surface area contributed by atoms with E-state index in [1.807, 2.05) is 25.9 Å². The molecule has 0 aromatic carbocycles. The van der Waals surface area contributed by atoms with Gasteiger partial charge < -0.3 is 33.7 Å². The van der Waals surface area contributed by atoms with Gasteiger partial charge in [-0.25, -0.2) is 0 Å². The first-order valence-corrected chi connectivity index (χ1v) is 15.8. The highest BCUT2D eigenvalue weighted by atomic mass is 16.7. The lowest BCUT2D eigenvalue weighted by Gasteiger charge is -2.47. The molecule has 260 valence electrons. The fourth-order valence-corrected chi connectivity index (χ4v) is 6.49. The summed E-state index contributed by atoms with van der Waals surface area (Å²) < 4.78 is 30.2. The second-order valence-corrected chi connectivity index (χ2v) is 13.2. The van der Waals surface area contributed by atoms with Gasteiger partial charge in [-0.1, -0.05) is 25.9 Å². The number of likely N-dealkylation sites (N-methyl/N-ethyl adjacent to an activating group) is 1. The molecule has 0 spiro atoms. The van der Waals surface area contributed by atoms with Crippen LogP contribution in [0.5, 0.6) is 0 Å². The van der Waals surface area contributed by atoms with Crippen LogP contribution in [-0.2, 0) is 42.9 Å². The Hall–Kier alpha value is -2.87. The topological polar surface area (TPSA) is 187 Å². The van der Waals surface area contributed by atoms with Gasteiger partial charge in [-0.3, -0.25) is 19.2 Å². The summed E-state index contributed by atoms with van der Waals surface area (Å²) in [6, 6.07) is -0.280. The van der Waals surface area contributed by atoms with Gasteiger partial charge in [-0.15, -0.1) is 0 Å². The van der Waals surface area contributed by atoms with E-state index in [2.05, 4.69) is 10.0 Å². The Bertz CT molecular complexity index is 1200. The third kappa shape index (κ3) is 9.36. The third-order valence-electron chi connectivity index (χ3n) is 9.11. The first kappa shape index (κ1) is 39.3. The van der Waals surface area contributed by atoms with Crippen molar-refractivity contribution in [1.29, 1.82) is 0 Å². The molecule has 11 atom stereocenters. The normalized spacial score (nSPS) is 38.3. The molecule has 2 rings (SSSR count). The van der Waals surface area contributed by atoms with Crippen LogP contribution in [0.3, 0.4) is 0 Å². The number of rotatable bonds is 8. The van der Waals surface area contributed by atoms with Crippen LogP contribution in [-0.4, -0.2) is 109 Å². The number of carbonyl (C=O) groups excluding carboxylic acids is 4. The fourth-order valence-electron chi connectivity index (χ4n) is 6.49. The minimum absolute atomic E-state index is 0.0218. The van der Waals surface area contributed by atoms with Crippen molar-refractivity contribution in [1.82, 2.24) is 4.90 Å². The number of aliphatic hydroxyl groups is 1. The molecule has 14 heteroatoms. The Morgan fingerprint density at radius 3 is 2.35 bits per heavy atom. The van der Waals surface area contributed by atoms with Crippen LogP contribution in [0.25, 0.3) is 10.4 Å². The molecule has 46 heavy (non-hydrogen) atoms. The number of azide groups is 1. The van der Waals surface area contributed by atoms with Crippen molar-refractivity contribution >= 4 is 23.5 Å². The van der Waals surface area contributed by atoms with E-state index < -0.39 is 77.1 Å². The second kappa shape index (κ2) is 16.3. The zero-order valence-electron chi connectivity index (χ0n) is 29.0. The van der Waals surface area contributed by atoms with Crippen LogP contribution < -0.4 is 0 Å². The largest absolute Gasteiger partial charge is 0.458 e. The highest BCUT2D eigenvalue weighted by molar-refractivity contribution is 6.00. The Morgan fingerprint density at radius 2 is 1.83 bits per heavy atom. The van der Waals surface area contributed by atoms with Crippen LogP contribution in [0.15, 0.2) is 16.8 Å². The van der Waals surface area contributed by atoms with Gasteiger partial charge in [0.25, 0.3) is 0 Å². The molecular formula is C32H52N4O10. The lowest BCUT2D eigenvalue weighted by Crippen LogP contribution is -2.60. The molecule has 0 radical (unpaired) electrons. The maximum atomic E-state index is 14.0. The lowest BCUT2D eigenvalue weighted by molar-refractivity contribution is -0.297. The average Bonchev–Trinajstić information content (AvgIpc) is 2.98. The first-order chi connectivity index (χ1) is 21.3. The molecule has 14 nitrogen and oxygen atoms in total. The van der Waals surface area contributed by atoms with E-state index in [1.54, 1.807) is 27.7 Å². The molecule has 0 unspecified atom stereocenters. The number of Topliss-reactive ketones (excluding diaryl/α,β-unsaturated/α-hetero) is 2. The zero-order chi connectivity index (χ0) is 35.1. The molecule has 2 aliphatic heterocycles. The summed E-state index contributed by atoms with van der Waals surface area (Å²) in [6.07, 6.45) is -2.53. The van der Waals surface area contributed by atoms with Crippen LogP contribution in [0.4, 0.5) is 0 Å². The number of ketones is 2. The maximum Gasteiger partial charge on any atom is 0.316 e. The summed E-state index contributed by atoms with van der Waals surface area (Å²) in [5.41, 5.74) is 5.88. The molecule has 1 fully saturated rings. The quantitative estimate of drug-likeness (QED) is 0.133. The van der Waals surface area contributed by atoms with Crippen LogP contribution in [0.1, 0.15) is 74.7 Å². The molecule has 0 aromatic heterocycles. The van der Waals surface area contributed by atoms with E-state index in [4.69, 9.17) is 29.2 Å². The van der Waals surface area contributed by atoms with Crippen LogP contribution >= 0.6 is 0 Å². The summed E-state index contributed by atoms with van der Waals surface area (Å²) in [6.45, 7) is 12.3. The number of nitrogens with zero attached hydrogens (tertiary/aromatic N) is 4. The summed E-state index contributed by atoms with van der Waals surface area (Å²) in [4.78, 5) is 58.1. The monoisotopic (exact) mass is 652 g/mol. The van der Waals surface area contributed by atoms with Gasteiger partial charge in [0.2, 0.25) is 0 Å². The minimum atomic E-state index is -1.82. The molecule has 0 amide bonds. The van der Waals surface area contributed by atoms with Gasteiger partial charge in [0.1, 0.15) is 17.6 Å². The van der Waals surface area contributed by atoms with E-state index in [9.17, 15) is 24.3 Å². The Balaban J connectivity index is 2.75. The number of carbonyl (C=O) groups is 4. The highest BCUT2D eigenvalue weighted by Gasteiger charge is 2.50. The summed E-state index contributed by atoms with van der Waals surface area (Å²) in [5, 5.41) is 14.9. The lowest BCUT2D eigenvalue weighted by atomic mass is 9.76. The standard InChI is InChI=1S/C32H52N4O10/c1-12-24-31(7,41)15-22(16-34-35-33)25(38)17(2)14-32(8,42-11)28(19(4)26(39)20(5)29(40)45-24)46-30-27(44-21(6)37)23(36(9)10)13-18(3)43-30/h15,17-20,23-24,27-28,30,41H,12-14,16H2,1-11H3/t17-,18-,19+,20-,23+,24-,27-,28-,30+,31+,32+/m1/s1. The first-order valence-electron chi connectivity index (χ1n) is 15.8. The highest BCUT2D eigenvalue weighted by Crippen LogP contribution is 2.38. The van der Waals surface area contributed by atoms with E-state index in [0.717, 1.165) is 0 Å². The Morgan fingerprint density at radius 1 is 1.20 bits per heavy atom. The predicted molar refractivity (Wildman–Crippen MR) is 167 cm³/mol. The van der Waals surface area contributed by atoms with E-state index >= 15 is 0 Å².